The average molecular weight is 310 g/mol. The number of rotatable bonds is 4. The van der Waals surface area contributed by atoms with Crippen LogP contribution in [-0.4, -0.2) is 25.1 Å². The SMILES string of the molecule is CC(C)Oc1ccc(-c2ccc(C3NCCNC3=O)cc2)cc1. The minimum Gasteiger partial charge on any atom is -0.491 e. The van der Waals surface area contributed by atoms with Gasteiger partial charge >= 0.3 is 0 Å². The number of amides is 1. The van der Waals surface area contributed by atoms with Gasteiger partial charge in [0.1, 0.15) is 11.8 Å². The van der Waals surface area contributed by atoms with Crippen molar-refractivity contribution in [1.29, 1.82) is 0 Å². The first kappa shape index (κ1) is 15.6. The van der Waals surface area contributed by atoms with Gasteiger partial charge < -0.3 is 15.4 Å². The number of piperazine rings is 1. The molecular formula is C19H22N2O2. The Morgan fingerprint density at radius 1 is 0.957 bits per heavy atom. The van der Waals surface area contributed by atoms with Crippen molar-refractivity contribution >= 4 is 5.91 Å². The summed E-state index contributed by atoms with van der Waals surface area (Å²) >= 11 is 0. The van der Waals surface area contributed by atoms with Crippen LogP contribution in [0.15, 0.2) is 48.5 Å². The van der Waals surface area contributed by atoms with E-state index in [0.717, 1.165) is 29.0 Å². The Morgan fingerprint density at radius 2 is 1.57 bits per heavy atom. The Balaban J connectivity index is 1.75. The van der Waals surface area contributed by atoms with Crippen molar-refractivity contribution in [2.24, 2.45) is 0 Å². The minimum atomic E-state index is -0.250. The molecule has 1 aliphatic rings. The van der Waals surface area contributed by atoms with Gasteiger partial charge in [0.15, 0.2) is 0 Å². The lowest BCUT2D eigenvalue weighted by Gasteiger charge is -2.23. The molecule has 23 heavy (non-hydrogen) atoms. The van der Waals surface area contributed by atoms with Gasteiger partial charge in [-0.05, 0) is 42.7 Å². The van der Waals surface area contributed by atoms with E-state index in [1.54, 1.807) is 0 Å². The zero-order chi connectivity index (χ0) is 16.2. The molecule has 3 rings (SSSR count). The molecule has 1 aliphatic heterocycles. The molecule has 0 saturated carbocycles. The Morgan fingerprint density at radius 3 is 2.13 bits per heavy atom. The van der Waals surface area contributed by atoms with Crippen LogP contribution in [0.5, 0.6) is 5.75 Å². The van der Waals surface area contributed by atoms with Crippen LogP contribution in [0.2, 0.25) is 0 Å². The lowest BCUT2D eigenvalue weighted by molar-refractivity contribution is -0.124. The smallest absolute Gasteiger partial charge is 0.241 e. The highest BCUT2D eigenvalue weighted by Gasteiger charge is 2.22. The summed E-state index contributed by atoms with van der Waals surface area (Å²) in [6.07, 6.45) is 0.175. The fraction of sp³-hybridized carbons (Fsp3) is 0.316. The number of carbonyl (C=O) groups excluding carboxylic acids is 1. The van der Waals surface area contributed by atoms with Crippen molar-refractivity contribution in [2.45, 2.75) is 26.0 Å². The molecular weight excluding hydrogens is 288 g/mol. The predicted molar refractivity (Wildman–Crippen MR) is 91.4 cm³/mol. The highest BCUT2D eigenvalue weighted by Crippen LogP contribution is 2.25. The first-order chi connectivity index (χ1) is 11.1. The number of ether oxygens (including phenoxy) is 1. The van der Waals surface area contributed by atoms with E-state index in [2.05, 4.69) is 34.9 Å². The second kappa shape index (κ2) is 6.84. The molecule has 1 atom stereocenters. The van der Waals surface area contributed by atoms with Gasteiger partial charge in [-0.25, -0.2) is 0 Å². The van der Waals surface area contributed by atoms with Crippen LogP contribution in [-0.2, 0) is 4.79 Å². The summed E-state index contributed by atoms with van der Waals surface area (Å²) in [4.78, 5) is 11.9. The quantitative estimate of drug-likeness (QED) is 0.913. The third-order valence-electron chi connectivity index (χ3n) is 3.84. The van der Waals surface area contributed by atoms with Crippen molar-refractivity contribution in [3.63, 3.8) is 0 Å². The van der Waals surface area contributed by atoms with E-state index >= 15 is 0 Å². The van der Waals surface area contributed by atoms with Gasteiger partial charge in [-0.3, -0.25) is 4.79 Å². The number of hydrogen-bond donors (Lipinski definition) is 2. The zero-order valence-electron chi connectivity index (χ0n) is 13.5. The zero-order valence-corrected chi connectivity index (χ0v) is 13.5. The molecule has 0 aliphatic carbocycles. The van der Waals surface area contributed by atoms with Gasteiger partial charge in [-0.1, -0.05) is 36.4 Å². The van der Waals surface area contributed by atoms with E-state index in [1.165, 1.54) is 0 Å². The van der Waals surface area contributed by atoms with Crippen LogP contribution in [0.25, 0.3) is 11.1 Å². The van der Waals surface area contributed by atoms with Crippen molar-refractivity contribution in [1.82, 2.24) is 10.6 Å². The maximum atomic E-state index is 11.9. The summed E-state index contributed by atoms with van der Waals surface area (Å²) in [7, 11) is 0. The molecule has 2 aromatic rings. The third kappa shape index (κ3) is 3.71. The van der Waals surface area contributed by atoms with Crippen LogP contribution in [0.1, 0.15) is 25.5 Å². The Kier molecular flexibility index (Phi) is 4.63. The van der Waals surface area contributed by atoms with Gasteiger partial charge in [0, 0.05) is 13.1 Å². The topological polar surface area (TPSA) is 50.4 Å². The fourth-order valence-corrected chi connectivity index (χ4v) is 2.73. The molecule has 4 nitrogen and oxygen atoms in total. The Labute approximate surface area is 136 Å². The van der Waals surface area contributed by atoms with Crippen LogP contribution in [0.3, 0.4) is 0 Å². The normalized spacial score (nSPS) is 17.9. The summed E-state index contributed by atoms with van der Waals surface area (Å²) in [5.41, 5.74) is 3.25. The van der Waals surface area contributed by atoms with E-state index in [0.29, 0.717) is 6.54 Å². The molecule has 4 heteroatoms. The van der Waals surface area contributed by atoms with E-state index < -0.39 is 0 Å². The molecule has 2 aromatic carbocycles. The highest BCUT2D eigenvalue weighted by atomic mass is 16.5. The van der Waals surface area contributed by atoms with Crippen molar-refractivity contribution < 1.29 is 9.53 Å². The molecule has 0 radical (unpaired) electrons. The standard InChI is InChI=1S/C19H22N2O2/c1-13(2)23-17-9-7-15(8-10-17)14-3-5-16(6-4-14)18-19(22)21-12-11-20-18/h3-10,13,18,20H,11-12H2,1-2H3,(H,21,22). The maximum absolute atomic E-state index is 11.9. The summed E-state index contributed by atoms with van der Waals surface area (Å²) in [5, 5.41) is 6.12. The molecule has 1 amide bonds. The monoisotopic (exact) mass is 310 g/mol. The van der Waals surface area contributed by atoms with Crippen LogP contribution in [0, 0.1) is 0 Å². The summed E-state index contributed by atoms with van der Waals surface area (Å²) < 4.78 is 5.66. The van der Waals surface area contributed by atoms with E-state index in [9.17, 15) is 4.79 Å². The van der Waals surface area contributed by atoms with E-state index in [4.69, 9.17) is 4.74 Å². The van der Waals surface area contributed by atoms with Gasteiger partial charge in [0.2, 0.25) is 5.91 Å². The second-order valence-electron chi connectivity index (χ2n) is 5.99. The number of nitrogens with one attached hydrogen (secondary N) is 2. The van der Waals surface area contributed by atoms with Crippen molar-refractivity contribution in [3.05, 3.63) is 54.1 Å². The molecule has 1 fully saturated rings. The van der Waals surface area contributed by atoms with Crippen LogP contribution in [0.4, 0.5) is 0 Å². The first-order valence-electron chi connectivity index (χ1n) is 8.01. The summed E-state index contributed by atoms with van der Waals surface area (Å²) in [5.74, 6) is 0.919. The molecule has 0 spiro atoms. The lowest BCUT2D eigenvalue weighted by atomic mass is 9.99. The Hall–Kier alpha value is -2.33. The van der Waals surface area contributed by atoms with E-state index in [1.807, 2.05) is 38.1 Å². The molecule has 2 N–H and O–H groups in total. The lowest BCUT2D eigenvalue weighted by Crippen LogP contribution is -2.47. The third-order valence-corrected chi connectivity index (χ3v) is 3.84. The van der Waals surface area contributed by atoms with E-state index in [-0.39, 0.29) is 18.1 Å². The molecule has 0 bridgehead atoms. The van der Waals surface area contributed by atoms with Crippen molar-refractivity contribution in [3.8, 4) is 16.9 Å². The van der Waals surface area contributed by atoms with Gasteiger partial charge in [-0.2, -0.15) is 0 Å². The van der Waals surface area contributed by atoms with Crippen molar-refractivity contribution in [2.75, 3.05) is 13.1 Å². The average Bonchev–Trinajstić information content (AvgIpc) is 2.56. The molecule has 1 heterocycles. The number of carbonyl (C=O) groups is 1. The number of hydrogen-bond acceptors (Lipinski definition) is 3. The first-order valence-corrected chi connectivity index (χ1v) is 8.01. The molecule has 120 valence electrons. The molecule has 0 aromatic heterocycles. The van der Waals surface area contributed by atoms with Crippen LogP contribution < -0.4 is 15.4 Å². The van der Waals surface area contributed by atoms with Gasteiger partial charge in [0.05, 0.1) is 6.10 Å². The second-order valence-corrected chi connectivity index (χ2v) is 5.99. The van der Waals surface area contributed by atoms with Crippen LogP contribution >= 0.6 is 0 Å². The van der Waals surface area contributed by atoms with Gasteiger partial charge in [-0.15, -0.1) is 0 Å². The summed E-state index contributed by atoms with van der Waals surface area (Å²) in [6, 6.07) is 16.0. The molecule has 1 saturated heterocycles. The molecule has 1 unspecified atom stereocenters. The fourth-order valence-electron chi connectivity index (χ4n) is 2.73. The summed E-state index contributed by atoms with van der Waals surface area (Å²) in [6.45, 7) is 5.53. The highest BCUT2D eigenvalue weighted by molar-refractivity contribution is 5.84. The minimum absolute atomic E-state index is 0.0409. The Bertz CT molecular complexity index is 663. The van der Waals surface area contributed by atoms with Gasteiger partial charge in [0.25, 0.3) is 0 Å². The maximum Gasteiger partial charge on any atom is 0.241 e. The largest absolute Gasteiger partial charge is 0.491 e. The number of benzene rings is 2. The predicted octanol–water partition coefficient (Wildman–Crippen LogP) is 2.90.